The molecule has 1 spiro atoms. The monoisotopic (exact) mass is 400 g/mol. The summed E-state index contributed by atoms with van der Waals surface area (Å²) < 4.78 is 42.6. The zero-order valence-corrected chi connectivity index (χ0v) is 16.6. The molecule has 2 heterocycles. The van der Waals surface area contributed by atoms with E-state index < -0.39 is 26.8 Å². The van der Waals surface area contributed by atoms with E-state index >= 15 is 0 Å². The molecular weight excluding hydrogens is 376 g/mol. The van der Waals surface area contributed by atoms with E-state index in [1.54, 1.807) is 18.4 Å². The van der Waals surface area contributed by atoms with Gasteiger partial charge in [-0.2, -0.15) is 0 Å². The van der Waals surface area contributed by atoms with Gasteiger partial charge in [0.2, 0.25) is 10.0 Å². The fraction of sp³-hybridized carbons (Fsp3) is 0.588. The van der Waals surface area contributed by atoms with Gasteiger partial charge in [0.05, 0.1) is 24.5 Å². The smallest absolute Gasteiger partial charge is 0.229 e. The summed E-state index contributed by atoms with van der Waals surface area (Å²) in [6, 6.07) is 4.81. The lowest BCUT2D eigenvalue weighted by molar-refractivity contribution is -0.00763. The summed E-state index contributed by atoms with van der Waals surface area (Å²) in [7, 11) is -3.40. The number of Topliss-reactive ketones (excluding diaryl/α,β-unsaturated/α-hetero) is 1. The van der Waals surface area contributed by atoms with Gasteiger partial charge in [0.25, 0.3) is 0 Å². The van der Waals surface area contributed by atoms with E-state index in [1.165, 1.54) is 6.07 Å². The molecule has 144 valence electrons. The van der Waals surface area contributed by atoms with Gasteiger partial charge >= 0.3 is 0 Å². The van der Waals surface area contributed by atoms with Gasteiger partial charge in [0.15, 0.2) is 5.78 Å². The number of benzene rings is 1. The molecule has 3 rings (SSSR count). The first-order valence-electron chi connectivity index (χ1n) is 8.52. The molecule has 0 aromatic heterocycles. The maximum atomic E-state index is 12.7. The molecule has 1 atom stereocenters. The number of anilines is 1. The lowest BCUT2D eigenvalue weighted by Gasteiger charge is -2.44. The Morgan fingerprint density at radius 2 is 2.04 bits per heavy atom. The van der Waals surface area contributed by atoms with Gasteiger partial charge in [-0.1, -0.05) is 11.2 Å². The second-order valence-electron chi connectivity index (χ2n) is 7.09. The van der Waals surface area contributed by atoms with Crippen LogP contribution in [0.4, 0.5) is 5.69 Å². The van der Waals surface area contributed by atoms with Crippen LogP contribution in [0, 0.1) is 0 Å². The van der Waals surface area contributed by atoms with E-state index in [0.717, 1.165) is 38.7 Å². The highest BCUT2D eigenvalue weighted by molar-refractivity contribution is 7.92. The predicted molar refractivity (Wildman–Crippen MR) is 102 cm³/mol. The van der Waals surface area contributed by atoms with Gasteiger partial charge < -0.3 is 9.29 Å². The van der Waals surface area contributed by atoms with E-state index in [9.17, 15) is 17.8 Å². The maximum absolute atomic E-state index is 12.7. The molecule has 0 bridgehead atoms. The van der Waals surface area contributed by atoms with Crippen molar-refractivity contribution < 1.29 is 22.5 Å². The van der Waals surface area contributed by atoms with Gasteiger partial charge in [-0.15, -0.1) is 0 Å². The molecule has 0 aliphatic carbocycles. The van der Waals surface area contributed by atoms with E-state index in [4.69, 9.17) is 4.74 Å². The summed E-state index contributed by atoms with van der Waals surface area (Å²) in [6.07, 6.45) is 4.57. The zero-order valence-electron chi connectivity index (χ0n) is 15.0. The largest absolute Gasteiger partial charge is 0.617 e. The number of likely N-dealkylation sites (tertiary alicyclic amines) is 1. The third kappa shape index (κ3) is 4.70. The molecule has 2 aliphatic heterocycles. The van der Waals surface area contributed by atoms with Crippen LogP contribution in [0.2, 0.25) is 0 Å². The number of hydrogen-bond acceptors (Lipinski definition) is 6. The first-order chi connectivity index (χ1) is 12.2. The van der Waals surface area contributed by atoms with Gasteiger partial charge in [-0.3, -0.25) is 14.4 Å². The number of ketones is 1. The fourth-order valence-electron chi connectivity index (χ4n) is 3.49. The summed E-state index contributed by atoms with van der Waals surface area (Å²) >= 11 is -0.801. The van der Waals surface area contributed by atoms with Crippen LogP contribution < -0.4 is 9.46 Å². The quantitative estimate of drug-likeness (QED) is 0.747. The third-order valence-corrected chi connectivity index (χ3v) is 6.22. The highest BCUT2D eigenvalue weighted by Gasteiger charge is 2.43. The zero-order chi connectivity index (χ0) is 18.9. The molecule has 0 radical (unpaired) electrons. The summed E-state index contributed by atoms with van der Waals surface area (Å²) in [6.45, 7) is 2.42. The Morgan fingerprint density at radius 1 is 1.35 bits per heavy atom. The number of carbonyl (C=O) groups is 1. The average molecular weight is 401 g/mol. The normalized spacial score (nSPS) is 21.1. The van der Waals surface area contributed by atoms with Crippen molar-refractivity contribution in [2.45, 2.75) is 24.9 Å². The lowest BCUT2D eigenvalue weighted by atomic mass is 9.82. The van der Waals surface area contributed by atoms with Crippen molar-refractivity contribution in [1.29, 1.82) is 0 Å². The van der Waals surface area contributed by atoms with Crippen LogP contribution in [-0.2, 0) is 21.2 Å². The molecule has 1 N–H and O–H groups in total. The summed E-state index contributed by atoms with van der Waals surface area (Å²) in [5.41, 5.74) is 0.298. The van der Waals surface area contributed by atoms with Crippen molar-refractivity contribution in [2.75, 3.05) is 42.6 Å². The molecule has 1 saturated heterocycles. The number of rotatable bonds is 5. The van der Waals surface area contributed by atoms with E-state index in [-0.39, 0.29) is 5.78 Å². The molecule has 1 fully saturated rings. The minimum Gasteiger partial charge on any atom is -0.617 e. The number of piperidine rings is 1. The minimum absolute atomic E-state index is 0.0217. The van der Waals surface area contributed by atoms with Crippen LogP contribution in [0.5, 0.6) is 5.75 Å². The number of carbonyl (C=O) groups excluding carboxylic acids is 1. The Kier molecular flexibility index (Phi) is 5.53. The standard InChI is InChI=1S/C17H24N2O5S2/c1-25(21)10-9-19-7-5-17(6-8-19)12-15(20)14-11-13(18-26(2,22)23)3-4-16(14)24-17/h3-4,11,18H,5-10,12H2,1-2H3. The minimum atomic E-state index is -3.40. The number of nitrogens with one attached hydrogen (secondary N) is 1. The SMILES string of the molecule is C[S+]([O-])CCN1CCC2(CC1)CC(=O)c1cc(NS(C)(=O)=O)ccc1O2. The molecule has 1 aromatic rings. The summed E-state index contributed by atoms with van der Waals surface area (Å²) in [5.74, 6) is 1.15. The van der Waals surface area contributed by atoms with Crippen LogP contribution >= 0.6 is 0 Å². The van der Waals surface area contributed by atoms with Crippen LogP contribution in [0.15, 0.2) is 18.2 Å². The van der Waals surface area contributed by atoms with Crippen molar-refractivity contribution in [1.82, 2.24) is 4.90 Å². The Labute approximate surface area is 157 Å². The predicted octanol–water partition coefficient (Wildman–Crippen LogP) is 1.24. The van der Waals surface area contributed by atoms with Crippen LogP contribution in [0.1, 0.15) is 29.6 Å². The number of hydrogen-bond donors (Lipinski definition) is 1. The first-order valence-corrected chi connectivity index (χ1v) is 12.1. The van der Waals surface area contributed by atoms with Crippen LogP contribution in [-0.4, -0.2) is 67.2 Å². The first kappa shape index (κ1) is 19.5. The molecule has 1 aromatic carbocycles. The van der Waals surface area contributed by atoms with Crippen LogP contribution in [0.3, 0.4) is 0 Å². The molecule has 9 heteroatoms. The van der Waals surface area contributed by atoms with E-state index in [1.807, 2.05) is 0 Å². The Morgan fingerprint density at radius 3 is 2.65 bits per heavy atom. The van der Waals surface area contributed by atoms with Gasteiger partial charge in [0.1, 0.15) is 17.1 Å². The molecule has 7 nitrogen and oxygen atoms in total. The number of nitrogens with zero attached hydrogens (tertiary/aromatic N) is 1. The van der Waals surface area contributed by atoms with E-state index in [0.29, 0.717) is 29.2 Å². The summed E-state index contributed by atoms with van der Waals surface area (Å²) in [5, 5.41) is 0. The van der Waals surface area contributed by atoms with Crippen molar-refractivity contribution in [3.8, 4) is 5.75 Å². The second-order valence-corrected chi connectivity index (χ2v) is 10.4. The van der Waals surface area contributed by atoms with Crippen molar-refractivity contribution in [3.63, 3.8) is 0 Å². The molecular formula is C17H24N2O5S2. The Bertz CT molecular complexity index is 786. The molecule has 1 unspecified atom stereocenters. The van der Waals surface area contributed by atoms with Crippen molar-refractivity contribution in [2.24, 2.45) is 0 Å². The van der Waals surface area contributed by atoms with E-state index in [2.05, 4.69) is 9.62 Å². The topological polar surface area (TPSA) is 98.8 Å². The lowest BCUT2D eigenvalue weighted by Crippen LogP contribution is -2.51. The Hall–Kier alpha value is -1.29. The molecule has 2 aliphatic rings. The fourth-order valence-corrected chi connectivity index (χ4v) is 4.56. The number of ether oxygens (including phenoxy) is 1. The van der Waals surface area contributed by atoms with Gasteiger partial charge in [-0.05, 0) is 18.2 Å². The molecule has 0 amide bonds. The summed E-state index contributed by atoms with van der Waals surface area (Å²) in [4.78, 5) is 14.9. The average Bonchev–Trinajstić information content (AvgIpc) is 2.54. The van der Waals surface area contributed by atoms with Crippen LogP contribution in [0.25, 0.3) is 0 Å². The van der Waals surface area contributed by atoms with Gasteiger partial charge in [-0.25, -0.2) is 8.42 Å². The molecule has 0 saturated carbocycles. The highest BCUT2D eigenvalue weighted by Crippen LogP contribution is 2.40. The maximum Gasteiger partial charge on any atom is 0.229 e. The number of fused-ring (bicyclic) bond motifs is 1. The second kappa shape index (κ2) is 7.38. The van der Waals surface area contributed by atoms with Gasteiger partial charge in [0, 0.05) is 38.2 Å². The molecule has 26 heavy (non-hydrogen) atoms. The third-order valence-electron chi connectivity index (χ3n) is 4.85. The number of sulfonamides is 1. The highest BCUT2D eigenvalue weighted by atomic mass is 32.2. The Balaban J connectivity index is 1.70. The van der Waals surface area contributed by atoms with Crippen molar-refractivity contribution >= 4 is 32.7 Å². The van der Waals surface area contributed by atoms with Crippen molar-refractivity contribution in [3.05, 3.63) is 23.8 Å².